The van der Waals surface area contributed by atoms with E-state index in [1.165, 1.54) is 17.7 Å². The minimum atomic E-state index is -0.675. The van der Waals surface area contributed by atoms with Crippen LogP contribution < -0.4 is 10.1 Å². The van der Waals surface area contributed by atoms with E-state index in [1.807, 2.05) is 31.2 Å². The van der Waals surface area contributed by atoms with Gasteiger partial charge in [0.2, 0.25) is 0 Å². The number of anilines is 1. The second-order valence-electron chi connectivity index (χ2n) is 5.76. The Bertz CT molecular complexity index is 757. The van der Waals surface area contributed by atoms with Gasteiger partial charge in [-0.05, 0) is 43.0 Å². The number of carbonyl (C=O) groups excluding carboxylic acids is 1. The Morgan fingerprint density at radius 2 is 1.88 bits per heavy atom. The van der Waals surface area contributed by atoms with Gasteiger partial charge >= 0.3 is 0 Å². The Kier molecular flexibility index (Phi) is 6.11. The van der Waals surface area contributed by atoms with Gasteiger partial charge in [0.1, 0.15) is 5.75 Å². The first-order chi connectivity index (χ1) is 11.9. The number of hydrogen-bond donors (Lipinski definition) is 1. The standard InChI is InChI=1S/C19H22N2O4/c1-4-14-7-10-16(11-8-14)25-18(5-2)19(22)20-17-12-15(21(23)24)9-6-13(17)3/h6-12,18H,4-5H2,1-3H3,(H,20,22)/t18-/m1/s1. The van der Waals surface area contributed by atoms with Crippen LogP contribution in [0.1, 0.15) is 31.4 Å². The fourth-order valence-electron chi connectivity index (χ4n) is 2.36. The third kappa shape index (κ3) is 4.79. The predicted octanol–water partition coefficient (Wildman–Crippen LogP) is 4.26. The number of nitro benzene ring substituents is 1. The van der Waals surface area contributed by atoms with Gasteiger partial charge in [-0.2, -0.15) is 0 Å². The van der Waals surface area contributed by atoms with Crippen LogP contribution in [0.25, 0.3) is 0 Å². The number of nitro groups is 1. The third-order valence-electron chi connectivity index (χ3n) is 3.96. The zero-order valence-electron chi connectivity index (χ0n) is 14.6. The van der Waals surface area contributed by atoms with Gasteiger partial charge < -0.3 is 10.1 Å². The van der Waals surface area contributed by atoms with Gasteiger partial charge in [0.15, 0.2) is 6.10 Å². The maximum Gasteiger partial charge on any atom is 0.271 e. The molecule has 0 spiro atoms. The highest BCUT2D eigenvalue weighted by atomic mass is 16.6. The number of hydrogen-bond acceptors (Lipinski definition) is 4. The maximum atomic E-state index is 12.5. The van der Waals surface area contributed by atoms with Gasteiger partial charge in [-0.15, -0.1) is 0 Å². The van der Waals surface area contributed by atoms with Crippen LogP contribution in [0.4, 0.5) is 11.4 Å². The molecule has 0 saturated carbocycles. The van der Waals surface area contributed by atoms with Gasteiger partial charge in [0.25, 0.3) is 11.6 Å². The van der Waals surface area contributed by atoms with E-state index in [0.717, 1.165) is 12.0 Å². The first kappa shape index (κ1) is 18.4. The molecule has 132 valence electrons. The van der Waals surface area contributed by atoms with Crippen molar-refractivity contribution in [2.75, 3.05) is 5.32 Å². The van der Waals surface area contributed by atoms with Crippen LogP contribution in [-0.2, 0) is 11.2 Å². The summed E-state index contributed by atoms with van der Waals surface area (Å²) in [4.78, 5) is 22.9. The summed E-state index contributed by atoms with van der Waals surface area (Å²) in [6, 6.07) is 12.0. The van der Waals surface area contributed by atoms with Crippen molar-refractivity contribution in [1.82, 2.24) is 0 Å². The minimum Gasteiger partial charge on any atom is -0.481 e. The lowest BCUT2D eigenvalue weighted by Crippen LogP contribution is -2.32. The second-order valence-corrected chi connectivity index (χ2v) is 5.76. The Morgan fingerprint density at radius 3 is 2.44 bits per heavy atom. The molecule has 6 heteroatoms. The van der Waals surface area contributed by atoms with Gasteiger partial charge in [0, 0.05) is 12.1 Å². The molecule has 0 heterocycles. The van der Waals surface area contributed by atoms with Crippen molar-refractivity contribution in [3.05, 3.63) is 63.7 Å². The molecule has 2 aromatic rings. The smallest absolute Gasteiger partial charge is 0.271 e. The fraction of sp³-hybridized carbons (Fsp3) is 0.316. The molecule has 0 aliphatic carbocycles. The highest BCUT2D eigenvalue weighted by Gasteiger charge is 2.20. The average molecular weight is 342 g/mol. The first-order valence-corrected chi connectivity index (χ1v) is 8.26. The van der Waals surface area contributed by atoms with E-state index in [2.05, 4.69) is 12.2 Å². The lowest BCUT2D eigenvalue weighted by Gasteiger charge is -2.18. The minimum absolute atomic E-state index is 0.0648. The normalized spacial score (nSPS) is 11.6. The Balaban J connectivity index is 2.11. The number of nitrogens with one attached hydrogen (secondary N) is 1. The maximum absolute atomic E-state index is 12.5. The molecule has 2 rings (SSSR count). The number of ether oxygens (including phenoxy) is 1. The number of amides is 1. The number of aryl methyl sites for hydroxylation is 2. The summed E-state index contributed by atoms with van der Waals surface area (Å²) < 4.78 is 5.77. The molecule has 0 fully saturated rings. The fourth-order valence-corrected chi connectivity index (χ4v) is 2.36. The molecule has 1 amide bonds. The molecular formula is C19H22N2O4. The third-order valence-corrected chi connectivity index (χ3v) is 3.96. The predicted molar refractivity (Wildman–Crippen MR) is 97.0 cm³/mol. The Labute approximate surface area is 147 Å². The van der Waals surface area contributed by atoms with Crippen LogP contribution in [0.2, 0.25) is 0 Å². The lowest BCUT2D eigenvalue weighted by molar-refractivity contribution is -0.384. The van der Waals surface area contributed by atoms with E-state index in [4.69, 9.17) is 4.74 Å². The summed E-state index contributed by atoms with van der Waals surface area (Å²) in [7, 11) is 0. The summed E-state index contributed by atoms with van der Waals surface area (Å²) >= 11 is 0. The SMILES string of the molecule is CCc1ccc(O[C@H](CC)C(=O)Nc2cc([N+](=O)[O-])ccc2C)cc1. The highest BCUT2D eigenvalue weighted by molar-refractivity contribution is 5.95. The van der Waals surface area contributed by atoms with Crippen molar-refractivity contribution < 1.29 is 14.5 Å². The topological polar surface area (TPSA) is 81.5 Å². The Hall–Kier alpha value is -2.89. The molecule has 1 atom stereocenters. The average Bonchev–Trinajstić information content (AvgIpc) is 2.61. The van der Waals surface area contributed by atoms with Gasteiger partial charge in [0.05, 0.1) is 10.6 Å². The molecule has 2 aromatic carbocycles. The summed E-state index contributed by atoms with van der Waals surface area (Å²) in [5, 5.41) is 13.6. The number of carbonyl (C=O) groups is 1. The summed E-state index contributed by atoms with van der Waals surface area (Å²) in [5.74, 6) is 0.292. The monoisotopic (exact) mass is 342 g/mol. The van der Waals surface area contributed by atoms with E-state index in [9.17, 15) is 14.9 Å². The molecule has 6 nitrogen and oxygen atoms in total. The number of non-ortho nitro benzene ring substituents is 1. The quantitative estimate of drug-likeness (QED) is 0.602. The lowest BCUT2D eigenvalue weighted by atomic mass is 10.1. The summed E-state index contributed by atoms with van der Waals surface area (Å²) in [5.41, 5.74) is 2.30. The van der Waals surface area contributed by atoms with Crippen molar-refractivity contribution in [1.29, 1.82) is 0 Å². The van der Waals surface area contributed by atoms with Crippen LogP contribution in [-0.4, -0.2) is 16.9 Å². The zero-order valence-corrected chi connectivity index (χ0v) is 14.6. The first-order valence-electron chi connectivity index (χ1n) is 8.26. The molecule has 0 aliphatic heterocycles. The van der Waals surface area contributed by atoms with E-state index in [0.29, 0.717) is 17.9 Å². The molecule has 0 radical (unpaired) electrons. The molecule has 0 bridgehead atoms. The van der Waals surface area contributed by atoms with E-state index >= 15 is 0 Å². The van der Waals surface area contributed by atoms with Crippen molar-refractivity contribution in [2.24, 2.45) is 0 Å². The van der Waals surface area contributed by atoms with Gasteiger partial charge in [-0.25, -0.2) is 0 Å². The molecular weight excluding hydrogens is 320 g/mol. The van der Waals surface area contributed by atoms with Crippen molar-refractivity contribution in [3.63, 3.8) is 0 Å². The summed E-state index contributed by atoms with van der Waals surface area (Å²) in [6.07, 6.45) is 0.741. The Morgan fingerprint density at radius 1 is 1.20 bits per heavy atom. The molecule has 0 saturated heterocycles. The van der Waals surface area contributed by atoms with Gasteiger partial charge in [-0.3, -0.25) is 14.9 Å². The van der Waals surface area contributed by atoms with Crippen LogP contribution >= 0.6 is 0 Å². The molecule has 0 unspecified atom stereocenters. The largest absolute Gasteiger partial charge is 0.481 e. The number of benzene rings is 2. The molecule has 25 heavy (non-hydrogen) atoms. The second kappa shape index (κ2) is 8.28. The van der Waals surface area contributed by atoms with Crippen molar-refractivity contribution >= 4 is 17.3 Å². The highest BCUT2D eigenvalue weighted by Crippen LogP contribution is 2.23. The molecule has 0 aromatic heterocycles. The number of rotatable bonds is 7. The zero-order chi connectivity index (χ0) is 18.4. The van der Waals surface area contributed by atoms with Crippen LogP contribution in [0.3, 0.4) is 0 Å². The molecule has 1 N–H and O–H groups in total. The van der Waals surface area contributed by atoms with Crippen LogP contribution in [0, 0.1) is 17.0 Å². The van der Waals surface area contributed by atoms with Crippen molar-refractivity contribution in [2.45, 2.75) is 39.7 Å². The molecule has 0 aliphatic rings. The van der Waals surface area contributed by atoms with E-state index in [-0.39, 0.29) is 11.6 Å². The number of nitrogens with zero attached hydrogens (tertiary/aromatic N) is 1. The van der Waals surface area contributed by atoms with E-state index < -0.39 is 11.0 Å². The van der Waals surface area contributed by atoms with E-state index in [1.54, 1.807) is 13.0 Å². The summed E-state index contributed by atoms with van der Waals surface area (Å²) in [6.45, 7) is 5.70. The van der Waals surface area contributed by atoms with Crippen molar-refractivity contribution in [3.8, 4) is 5.75 Å². The van der Waals surface area contributed by atoms with Crippen LogP contribution in [0.5, 0.6) is 5.75 Å². The van der Waals surface area contributed by atoms with Crippen LogP contribution in [0.15, 0.2) is 42.5 Å². The van der Waals surface area contributed by atoms with Gasteiger partial charge in [-0.1, -0.05) is 32.0 Å².